The summed E-state index contributed by atoms with van der Waals surface area (Å²) in [6.45, 7) is 3.28. The quantitative estimate of drug-likeness (QED) is 0.262. The van der Waals surface area contributed by atoms with Crippen LogP contribution in [0.1, 0.15) is 24.0 Å². The van der Waals surface area contributed by atoms with Crippen molar-refractivity contribution in [3.05, 3.63) is 69.7 Å². The fraction of sp³-hybridized carbons (Fsp3) is 0.222. The van der Waals surface area contributed by atoms with Gasteiger partial charge in [0.2, 0.25) is 0 Å². The lowest BCUT2D eigenvalue weighted by Crippen LogP contribution is -2.29. The minimum absolute atomic E-state index is 0.227. The molecule has 0 bridgehead atoms. The summed E-state index contributed by atoms with van der Waals surface area (Å²) in [6.07, 6.45) is 6.65. The fourth-order valence-electron chi connectivity index (χ4n) is 2.95. The molecule has 11 nitrogen and oxygen atoms in total. The highest BCUT2D eigenvalue weighted by molar-refractivity contribution is 7.80. The Balaban J connectivity index is 1.45. The second kappa shape index (κ2) is 7.91. The van der Waals surface area contributed by atoms with Crippen LogP contribution in [0.5, 0.6) is 0 Å². The van der Waals surface area contributed by atoms with Gasteiger partial charge in [0.25, 0.3) is 5.91 Å². The van der Waals surface area contributed by atoms with Crippen LogP contribution >= 0.6 is 12.2 Å². The number of aromatic nitrogens is 4. The number of nitrogens with zero attached hydrogens (tertiary/aromatic N) is 6. The maximum atomic E-state index is 12.7. The summed E-state index contributed by atoms with van der Waals surface area (Å²) in [5.41, 5.74) is 1.18. The van der Waals surface area contributed by atoms with E-state index in [9.17, 15) is 14.9 Å². The fourth-order valence-corrected chi connectivity index (χ4v) is 3.21. The van der Waals surface area contributed by atoms with Gasteiger partial charge in [-0.05, 0) is 36.2 Å². The van der Waals surface area contributed by atoms with Gasteiger partial charge >= 0.3 is 5.82 Å². The van der Waals surface area contributed by atoms with Crippen molar-refractivity contribution in [3.8, 4) is 0 Å². The Morgan fingerprint density at radius 1 is 1.30 bits per heavy atom. The van der Waals surface area contributed by atoms with Gasteiger partial charge in [0.05, 0.1) is 30.1 Å². The minimum Gasteiger partial charge on any atom is -0.460 e. The van der Waals surface area contributed by atoms with Crippen LogP contribution in [0.4, 0.5) is 5.82 Å². The lowest BCUT2D eigenvalue weighted by atomic mass is 10.3. The molecular formula is C18H17N7O4S. The van der Waals surface area contributed by atoms with Crippen LogP contribution in [0.2, 0.25) is 0 Å². The highest BCUT2D eigenvalue weighted by Crippen LogP contribution is 2.19. The van der Waals surface area contributed by atoms with Crippen LogP contribution in [0.25, 0.3) is 6.08 Å². The molecule has 30 heavy (non-hydrogen) atoms. The summed E-state index contributed by atoms with van der Waals surface area (Å²) in [6, 6.07) is 4.73. The van der Waals surface area contributed by atoms with E-state index in [0.29, 0.717) is 28.9 Å². The molecule has 0 radical (unpaired) electrons. The molecule has 154 valence electrons. The normalized spacial score (nSPS) is 15.2. The van der Waals surface area contributed by atoms with Gasteiger partial charge in [-0.15, -0.1) is 0 Å². The van der Waals surface area contributed by atoms with Crippen molar-refractivity contribution in [2.45, 2.75) is 26.6 Å². The van der Waals surface area contributed by atoms with E-state index in [2.05, 4.69) is 15.5 Å². The molecule has 4 rings (SSSR count). The largest absolute Gasteiger partial charge is 0.460 e. The van der Waals surface area contributed by atoms with Crippen molar-refractivity contribution < 1.29 is 14.1 Å². The summed E-state index contributed by atoms with van der Waals surface area (Å²) in [7, 11) is 0. The standard InChI is InChI=1S/C18H17N7O4S/c1-2-22-9-12(8-19-22)10-24-17(26)15(20-18(24)30)7-13-3-4-14(29-13)11-23-6-5-16(21-23)25(27)28/h3-9H,2,10-11H2,1H3,(H,20,30)/b15-7+. The molecule has 3 aromatic heterocycles. The predicted molar refractivity (Wildman–Crippen MR) is 109 cm³/mol. The van der Waals surface area contributed by atoms with Gasteiger partial charge in [-0.1, -0.05) is 0 Å². The van der Waals surface area contributed by atoms with Gasteiger partial charge in [0.1, 0.15) is 23.8 Å². The number of nitrogens with one attached hydrogen (secondary N) is 1. The number of nitro groups is 1. The van der Waals surface area contributed by atoms with Crippen LogP contribution in [0.3, 0.4) is 0 Å². The first-order chi connectivity index (χ1) is 14.4. The van der Waals surface area contributed by atoms with Gasteiger partial charge in [-0.2, -0.15) is 9.78 Å². The van der Waals surface area contributed by atoms with Crippen LogP contribution in [0, 0.1) is 10.1 Å². The molecule has 0 aromatic carbocycles. The van der Waals surface area contributed by atoms with Crippen molar-refractivity contribution in [2.24, 2.45) is 0 Å². The van der Waals surface area contributed by atoms with E-state index in [1.807, 2.05) is 13.1 Å². The second-order valence-electron chi connectivity index (χ2n) is 6.52. The van der Waals surface area contributed by atoms with Gasteiger partial charge in [-0.3, -0.25) is 14.4 Å². The van der Waals surface area contributed by atoms with Crippen molar-refractivity contribution >= 4 is 35.1 Å². The Kier molecular flexibility index (Phi) is 5.14. The second-order valence-corrected chi connectivity index (χ2v) is 6.90. The number of aryl methyl sites for hydroxylation is 1. The Morgan fingerprint density at radius 3 is 2.83 bits per heavy atom. The summed E-state index contributed by atoms with van der Waals surface area (Å²) < 4.78 is 8.88. The Hall–Kier alpha value is -3.80. The highest BCUT2D eigenvalue weighted by Gasteiger charge is 2.31. The number of hydrogen-bond donors (Lipinski definition) is 1. The van der Waals surface area contributed by atoms with E-state index in [1.54, 1.807) is 29.1 Å². The van der Waals surface area contributed by atoms with E-state index < -0.39 is 4.92 Å². The smallest absolute Gasteiger partial charge is 0.389 e. The van der Waals surface area contributed by atoms with Crippen LogP contribution < -0.4 is 5.32 Å². The maximum Gasteiger partial charge on any atom is 0.389 e. The Labute approximate surface area is 175 Å². The number of amides is 1. The molecule has 0 spiro atoms. The zero-order valence-corrected chi connectivity index (χ0v) is 16.7. The average molecular weight is 427 g/mol. The summed E-state index contributed by atoms with van der Waals surface area (Å²) in [4.78, 5) is 24.3. The molecule has 1 saturated heterocycles. The summed E-state index contributed by atoms with van der Waals surface area (Å²) >= 11 is 5.29. The molecule has 12 heteroatoms. The van der Waals surface area contributed by atoms with Crippen molar-refractivity contribution in [1.82, 2.24) is 29.8 Å². The van der Waals surface area contributed by atoms with Gasteiger partial charge in [0, 0.05) is 24.4 Å². The Bertz CT molecular complexity index is 1160. The number of furan rings is 1. The zero-order valence-electron chi connectivity index (χ0n) is 15.9. The SMILES string of the molecule is CCn1cc(CN2C(=O)/C(=C\c3ccc(Cn4ccc([N+](=O)[O-])n4)o3)NC2=S)cn1. The Morgan fingerprint density at radius 2 is 2.13 bits per heavy atom. The van der Waals surface area contributed by atoms with Gasteiger partial charge in [-0.25, -0.2) is 0 Å². The lowest BCUT2D eigenvalue weighted by Gasteiger charge is -2.12. The van der Waals surface area contributed by atoms with E-state index in [0.717, 1.165) is 12.1 Å². The van der Waals surface area contributed by atoms with Crippen molar-refractivity contribution in [2.75, 3.05) is 0 Å². The first-order valence-corrected chi connectivity index (χ1v) is 9.46. The van der Waals surface area contributed by atoms with E-state index in [4.69, 9.17) is 16.6 Å². The number of hydrogen-bond acceptors (Lipinski definition) is 7. The third-order valence-electron chi connectivity index (χ3n) is 4.41. The number of carbonyl (C=O) groups is 1. The molecule has 1 aliphatic rings. The molecule has 0 saturated carbocycles. The van der Waals surface area contributed by atoms with Crippen molar-refractivity contribution in [1.29, 1.82) is 0 Å². The number of thiocarbonyl (C=S) groups is 1. The maximum absolute atomic E-state index is 12.7. The van der Waals surface area contributed by atoms with E-state index in [-0.39, 0.29) is 18.3 Å². The molecule has 1 aliphatic heterocycles. The molecule has 1 amide bonds. The lowest BCUT2D eigenvalue weighted by molar-refractivity contribution is -0.389. The first kappa shape index (κ1) is 19.5. The molecule has 0 unspecified atom stereocenters. The average Bonchev–Trinajstić information content (AvgIpc) is 3.49. The molecule has 0 aliphatic carbocycles. The van der Waals surface area contributed by atoms with Crippen LogP contribution in [0.15, 0.2) is 46.9 Å². The molecule has 3 aromatic rings. The van der Waals surface area contributed by atoms with Crippen molar-refractivity contribution in [3.63, 3.8) is 0 Å². The van der Waals surface area contributed by atoms with Gasteiger partial charge in [0.15, 0.2) is 5.11 Å². The van der Waals surface area contributed by atoms with Crippen LogP contribution in [-0.2, 0) is 24.4 Å². The first-order valence-electron chi connectivity index (χ1n) is 9.05. The van der Waals surface area contributed by atoms with Crippen LogP contribution in [-0.4, -0.2) is 40.4 Å². The monoisotopic (exact) mass is 427 g/mol. The van der Waals surface area contributed by atoms with E-state index >= 15 is 0 Å². The summed E-state index contributed by atoms with van der Waals surface area (Å²) in [5, 5.41) is 22.0. The third kappa shape index (κ3) is 3.98. The molecular weight excluding hydrogens is 410 g/mol. The van der Waals surface area contributed by atoms with E-state index in [1.165, 1.54) is 21.8 Å². The number of carbonyl (C=O) groups excluding carboxylic acids is 1. The molecule has 1 fully saturated rings. The van der Waals surface area contributed by atoms with Gasteiger partial charge < -0.3 is 19.8 Å². The third-order valence-corrected chi connectivity index (χ3v) is 4.74. The topological polar surface area (TPSA) is 124 Å². The molecule has 0 atom stereocenters. The predicted octanol–water partition coefficient (Wildman–Crippen LogP) is 1.91. The highest BCUT2D eigenvalue weighted by atomic mass is 32.1. The summed E-state index contributed by atoms with van der Waals surface area (Å²) in [5.74, 6) is 0.496. The zero-order chi connectivity index (χ0) is 21.3. The number of rotatable bonds is 7. The molecule has 4 heterocycles. The molecule has 1 N–H and O–H groups in total. The minimum atomic E-state index is -0.562.